The molecule has 22 heavy (non-hydrogen) atoms. The molecule has 0 fully saturated rings. The molecule has 4 nitrogen and oxygen atoms in total. The van der Waals surface area contributed by atoms with Crippen LogP contribution in [0.2, 0.25) is 0 Å². The van der Waals surface area contributed by atoms with Gasteiger partial charge in [-0.1, -0.05) is 45.9 Å². The summed E-state index contributed by atoms with van der Waals surface area (Å²) in [4.78, 5) is 12.1. The highest BCUT2D eigenvalue weighted by Crippen LogP contribution is 2.34. The van der Waals surface area contributed by atoms with Gasteiger partial charge in [-0.05, 0) is 29.4 Å². The van der Waals surface area contributed by atoms with Gasteiger partial charge in [0, 0.05) is 5.69 Å². The van der Waals surface area contributed by atoms with E-state index in [0.29, 0.717) is 5.69 Å². The van der Waals surface area contributed by atoms with Crippen LogP contribution in [0.25, 0.3) is 0 Å². The first-order valence-corrected chi connectivity index (χ1v) is 7.37. The molecule has 2 N–H and O–H groups in total. The van der Waals surface area contributed by atoms with E-state index in [9.17, 15) is 9.18 Å². The predicted molar refractivity (Wildman–Crippen MR) is 85.4 cm³/mol. The van der Waals surface area contributed by atoms with Gasteiger partial charge in [0.15, 0.2) is 0 Å². The fraction of sp³-hybridized carbons (Fsp3) is 0.412. The number of aromatic amines is 1. The van der Waals surface area contributed by atoms with Crippen LogP contribution in [-0.4, -0.2) is 16.1 Å². The van der Waals surface area contributed by atoms with Crippen molar-refractivity contribution in [3.8, 4) is 0 Å². The van der Waals surface area contributed by atoms with Crippen LogP contribution in [0, 0.1) is 11.4 Å². The molecule has 1 unspecified atom stereocenters. The van der Waals surface area contributed by atoms with Gasteiger partial charge in [-0.3, -0.25) is 9.89 Å². The van der Waals surface area contributed by atoms with E-state index in [0.717, 1.165) is 12.0 Å². The van der Waals surface area contributed by atoms with Crippen LogP contribution in [0.3, 0.4) is 0 Å². The van der Waals surface area contributed by atoms with Gasteiger partial charge in [0.05, 0.1) is 6.20 Å². The normalized spacial score (nSPS) is 13.0. The maximum absolute atomic E-state index is 13.4. The number of anilines is 1. The Hall–Kier alpha value is -2.17. The highest BCUT2D eigenvalue weighted by atomic mass is 19.1. The lowest BCUT2D eigenvalue weighted by Gasteiger charge is -2.25. The Morgan fingerprint density at radius 2 is 2.05 bits per heavy atom. The number of H-pyrrole nitrogens is 1. The number of hydrogen-bond acceptors (Lipinski definition) is 2. The maximum Gasteiger partial charge on any atom is 0.261 e. The van der Waals surface area contributed by atoms with Gasteiger partial charge in [-0.25, -0.2) is 0 Å². The quantitative estimate of drug-likeness (QED) is 0.882. The van der Waals surface area contributed by atoms with E-state index in [1.807, 2.05) is 24.3 Å². The monoisotopic (exact) mass is 303 g/mol. The van der Waals surface area contributed by atoms with E-state index >= 15 is 0 Å². The number of nitrogens with zero attached hydrogens (tertiary/aromatic N) is 1. The number of halogens is 1. The molecule has 5 heteroatoms. The molecule has 0 bridgehead atoms. The van der Waals surface area contributed by atoms with Crippen molar-refractivity contribution in [2.75, 3.05) is 5.32 Å². The zero-order valence-corrected chi connectivity index (χ0v) is 13.4. The second kappa shape index (κ2) is 6.30. The Morgan fingerprint density at radius 3 is 2.64 bits per heavy atom. The van der Waals surface area contributed by atoms with Crippen molar-refractivity contribution >= 4 is 11.6 Å². The summed E-state index contributed by atoms with van der Waals surface area (Å²) in [5.74, 6) is -0.940. The summed E-state index contributed by atoms with van der Waals surface area (Å²) in [5.41, 5.74) is 1.87. The molecule has 0 spiro atoms. The topological polar surface area (TPSA) is 57.8 Å². The van der Waals surface area contributed by atoms with E-state index in [1.165, 1.54) is 6.20 Å². The third kappa shape index (κ3) is 3.93. The molecule has 2 rings (SSSR count). The van der Waals surface area contributed by atoms with Crippen molar-refractivity contribution in [1.29, 1.82) is 0 Å². The number of benzene rings is 1. The van der Waals surface area contributed by atoms with Crippen molar-refractivity contribution in [1.82, 2.24) is 10.2 Å². The lowest BCUT2D eigenvalue weighted by molar-refractivity contribution is 0.102. The molecule has 1 heterocycles. The molecule has 1 aromatic carbocycles. The summed E-state index contributed by atoms with van der Waals surface area (Å²) in [6.07, 6.45) is 2.17. The molecule has 2 aromatic rings. The molecule has 0 radical (unpaired) electrons. The lowest BCUT2D eigenvalue weighted by Crippen LogP contribution is -2.16. The van der Waals surface area contributed by atoms with Gasteiger partial charge in [-0.15, -0.1) is 0 Å². The average Bonchev–Trinajstić information content (AvgIpc) is 2.83. The summed E-state index contributed by atoms with van der Waals surface area (Å²) in [6, 6.07) is 7.64. The summed E-state index contributed by atoms with van der Waals surface area (Å²) in [6.45, 7) is 8.69. The van der Waals surface area contributed by atoms with Crippen molar-refractivity contribution in [3.63, 3.8) is 0 Å². The second-order valence-electron chi connectivity index (χ2n) is 6.80. The number of aromatic nitrogens is 2. The van der Waals surface area contributed by atoms with Crippen molar-refractivity contribution in [3.05, 3.63) is 47.5 Å². The van der Waals surface area contributed by atoms with Gasteiger partial charge >= 0.3 is 0 Å². The largest absolute Gasteiger partial charge is 0.322 e. The molecule has 1 atom stereocenters. The van der Waals surface area contributed by atoms with Gasteiger partial charge in [0.25, 0.3) is 5.91 Å². The molecule has 118 valence electrons. The maximum atomic E-state index is 13.4. The minimum atomic E-state index is -0.724. The van der Waals surface area contributed by atoms with Crippen molar-refractivity contribution in [2.24, 2.45) is 5.41 Å². The fourth-order valence-corrected chi connectivity index (χ4v) is 2.69. The Bertz CT molecular complexity index is 658. The van der Waals surface area contributed by atoms with E-state index in [-0.39, 0.29) is 16.9 Å². The van der Waals surface area contributed by atoms with E-state index in [1.54, 1.807) is 0 Å². The van der Waals surface area contributed by atoms with Crippen molar-refractivity contribution < 1.29 is 9.18 Å². The Morgan fingerprint density at radius 1 is 1.36 bits per heavy atom. The highest BCUT2D eigenvalue weighted by molar-refractivity contribution is 6.04. The minimum Gasteiger partial charge on any atom is -0.322 e. The molecule has 0 aliphatic carbocycles. The van der Waals surface area contributed by atoms with Crippen LogP contribution in [-0.2, 0) is 0 Å². The van der Waals surface area contributed by atoms with E-state index in [4.69, 9.17) is 0 Å². The smallest absolute Gasteiger partial charge is 0.261 e. The number of carbonyl (C=O) groups is 1. The Kier molecular flexibility index (Phi) is 4.64. The third-order valence-electron chi connectivity index (χ3n) is 3.50. The summed E-state index contributed by atoms with van der Waals surface area (Å²) in [5, 5.41) is 8.44. The Labute approximate surface area is 130 Å². The zero-order valence-electron chi connectivity index (χ0n) is 13.4. The molecule has 0 aliphatic rings. The lowest BCUT2D eigenvalue weighted by atomic mass is 9.82. The highest BCUT2D eigenvalue weighted by Gasteiger charge is 2.20. The summed E-state index contributed by atoms with van der Waals surface area (Å²) < 4.78 is 13.4. The van der Waals surface area contributed by atoms with Gasteiger partial charge in [0.1, 0.15) is 5.56 Å². The Balaban J connectivity index is 2.22. The van der Waals surface area contributed by atoms with E-state index in [2.05, 4.69) is 43.2 Å². The third-order valence-corrected chi connectivity index (χ3v) is 3.50. The molecule has 0 saturated carbocycles. The number of para-hydroxylation sites is 1. The number of amides is 1. The number of hydrogen-bond donors (Lipinski definition) is 2. The fourth-order valence-electron chi connectivity index (χ4n) is 2.69. The van der Waals surface area contributed by atoms with Gasteiger partial charge < -0.3 is 5.32 Å². The first-order chi connectivity index (χ1) is 10.3. The molecule has 0 saturated heterocycles. The van der Waals surface area contributed by atoms with Crippen LogP contribution in [0.5, 0.6) is 0 Å². The number of nitrogens with one attached hydrogen (secondary N) is 2. The van der Waals surface area contributed by atoms with Crippen LogP contribution in [0.1, 0.15) is 56.0 Å². The van der Waals surface area contributed by atoms with Crippen LogP contribution in [0.4, 0.5) is 10.1 Å². The predicted octanol–water partition coefficient (Wildman–Crippen LogP) is 4.34. The van der Waals surface area contributed by atoms with Gasteiger partial charge in [-0.2, -0.15) is 9.49 Å². The molecule has 0 aliphatic heterocycles. The second-order valence-corrected chi connectivity index (χ2v) is 6.80. The first kappa shape index (κ1) is 16.2. The van der Waals surface area contributed by atoms with Gasteiger partial charge in [0.2, 0.25) is 5.95 Å². The SMILES string of the molecule is CC(CC(C)(C)C)c1ccccc1NC(=O)c1cn[nH]c1F. The summed E-state index contributed by atoms with van der Waals surface area (Å²) in [7, 11) is 0. The number of carbonyl (C=O) groups excluding carboxylic acids is 1. The standard InChI is InChI=1S/C17H22FN3O/c1-11(9-17(2,3)4)12-7-5-6-8-14(12)20-16(22)13-10-19-21-15(13)18/h5-8,10-11H,9H2,1-4H3,(H,19,21)(H,20,22). The van der Waals surface area contributed by atoms with Crippen LogP contribution < -0.4 is 5.32 Å². The molecule has 1 aromatic heterocycles. The van der Waals surface area contributed by atoms with Crippen LogP contribution >= 0.6 is 0 Å². The van der Waals surface area contributed by atoms with E-state index < -0.39 is 11.9 Å². The van der Waals surface area contributed by atoms with Crippen LogP contribution in [0.15, 0.2) is 30.5 Å². The first-order valence-electron chi connectivity index (χ1n) is 7.37. The molecule has 1 amide bonds. The molecular weight excluding hydrogens is 281 g/mol. The number of rotatable bonds is 4. The summed E-state index contributed by atoms with van der Waals surface area (Å²) >= 11 is 0. The molecular formula is C17H22FN3O. The van der Waals surface area contributed by atoms with Crippen molar-refractivity contribution in [2.45, 2.75) is 40.0 Å². The minimum absolute atomic E-state index is 0.0849. The zero-order chi connectivity index (χ0) is 16.3. The average molecular weight is 303 g/mol.